The summed E-state index contributed by atoms with van der Waals surface area (Å²) in [5.41, 5.74) is 3.84. The molecule has 21 heavy (non-hydrogen) atoms. The smallest absolute Gasteiger partial charge is 0.273 e. The summed E-state index contributed by atoms with van der Waals surface area (Å²) in [6.45, 7) is 5.62. The van der Waals surface area contributed by atoms with Crippen molar-refractivity contribution < 1.29 is 0 Å². The van der Waals surface area contributed by atoms with Gasteiger partial charge in [-0.2, -0.15) is 4.68 Å². The van der Waals surface area contributed by atoms with E-state index in [0.29, 0.717) is 11.5 Å². The minimum absolute atomic E-state index is 0.164. The van der Waals surface area contributed by atoms with E-state index in [1.807, 2.05) is 32.9 Å². The Kier molecular flexibility index (Phi) is 3.13. The fraction of sp³-hybridized carbons (Fsp3) is 0.200. The lowest BCUT2D eigenvalue weighted by Crippen LogP contribution is -2.18. The number of aromatic nitrogens is 5. The van der Waals surface area contributed by atoms with Gasteiger partial charge in [-0.15, -0.1) is 0 Å². The minimum Gasteiger partial charge on any atom is -0.289 e. The maximum Gasteiger partial charge on any atom is 0.273 e. The van der Waals surface area contributed by atoms with Gasteiger partial charge in [0.05, 0.1) is 22.8 Å². The van der Waals surface area contributed by atoms with Crippen molar-refractivity contribution in [3.05, 3.63) is 58.0 Å². The quantitative estimate of drug-likeness (QED) is 0.778. The van der Waals surface area contributed by atoms with Crippen molar-refractivity contribution in [2.24, 2.45) is 0 Å². The zero-order valence-corrected chi connectivity index (χ0v) is 12.1. The highest BCUT2D eigenvalue weighted by molar-refractivity contribution is 5.57. The number of nitrogens with zero attached hydrogens (tertiary/aromatic N) is 4. The molecule has 3 aromatic rings. The second-order valence-corrected chi connectivity index (χ2v) is 4.88. The Morgan fingerprint density at radius 3 is 2.38 bits per heavy atom. The molecule has 3 aromatic heterocycles. The summed E-state index contributed by atoms with van der Waals surface area (Å²) in [5.74, 6) is 0.531. The SMILES string of the molecule is Cc1nc(C)c(-n2[nH]c(-c3ccncc3)cc2=O)nc1C. The predicted octanol–water partition coefficient (Wildman–Crippen LogP) is 1.94. The molecule has 6 nitrogen and oxygen atoms in total. The third-order valence-electron chi connectivity index (χ3n) is 3.38. The Morgan fingerprint density at radius 2 is 1.67 bits per heavy atom. The summed E-state index contributed by atoms with van der Waals surface area (Å²) < 4.78 is 1.42. The topological polar surface area (TPSA) is 76.5 Å². The number of H-pyrrole nitrogens is 1. The van der Waals surface area contributed by atoms with Gasteiger partial charge in [-0.05, 0) is 32.9 Å². The van der Waals surface area contributed by atoms with E-state index in [0.717, 1.165) is 22.6 Å². The molecule has 0 atom stereocenters. The molecule has 3 heterocycles. The van der Waals surface area contributed by atoms with Crippen LogP contribution in [0.5, 0.6) is 0 Å². The van der Waals surface area contributed by atoms with Crippen molar-refractivity contribution in [3.8, 4) is 17.1 Å². The zero-order valence-electron chi connectivity index (χ0n) is 12.1. The molecule has 0 saturated carbocycles. The summed E-state index contributed by atoms with van der Waals surface area (Å²) >= 11 is 0. The van der Waals surface area contributed by atoms with E-state index in [2.05, 4.69) is 20.1 Å². The maximum atomic E-state index is 12.2. The van der Waals surface area contributed by atoms with Crippen LogP contribution < -0.4 is 5.56 Å². The molecule has 6 heteroatoms. The maximum absolute atomic E-state index is 12.2. The number of aryl methyl sites for hydroxylation is 3. The van der Waals surface area contributed by atoms with E-state index in [1.54, 1.807) is 18.5 Å². The average Bonchev–Trinajstić information content (AvgIpc) is 2.86. The van der Waals surface area contributed by atoms with E-state index < -0.39 is 0 Å². The highest BCUT2D eigenvalue weighted by Crippen LogP contribution is 2.16. The average molecular weight is 281 g/mol. The Bertz CT molecular complexity index is 848. The first-order valence-electron chi connectivity index (χ1n) is 6.61. The van der Waals surface area contributed by atoms with Gasteiger partial charge in [0.15, 0.2) is 5.82 Å². The number of pyridine rings is 1. The summed E-state index contributed by atoms with van der Waals surface area (Å²) in [5, 5.41) is 3.08. The first-order chi connectivity index (χ1) is 10.1. The van der Waals surface area contributed by atoms with Gasteiger partial charge < -0.3 is 0 Å². The van der Waals surface area contributed by atoms with Crippen molar-refractivity contribution in [1.29, 1.82) is 0 Å². The lowest BCUT2D eigenvalue weighted by atomic mass is 10.2. The predicted molar refractivity (Wildman–Crippen MR) is 79.4 cm³/mol. The molecular weight excluding hydrogens is 266 g/mol. The fourth-order valence-electron chi connectivity index (χ4n) is 2.15. The van der Waals surface area contributed by atoms with Crippen molar-refractivity contribution >= 4 is 0 Å². The van der Waals surface area contributed by atoms with Gasteiger partial charge in [0.1, 0.15) is 0 Å². The van der Waals surface area contributed by atoms with E-state index in [4.69, 9.17) is 0 Å². The number of rotatable bonds is 2. The van der Waals surface area contributed by atoms with Crippen LogP contribution in [0.4, 0.5) is 0 Å². The van der Waals surface area contributed by atoms with Gasteiger partial charge in [0.2, 0.25) is 0 Å². The molecule has 3 rings (SSSR count). The largest absolute Gasteiger partial charge is 0.289 e. The van der Waals surface area contributed by atoms with Crippen LogP contribution >= 0.6 is 0 Å². The van der Waals surface area contributed by atoms with E-state index >= 15 is 0 Å². The van der Waals surface area contributed by atoms with Crippen molar-refractivity contribution in [3.63, 3.8) is 0 Å². The summed E-state index contributed by atoms with van der Waals surface area (Å²) in [6, 6.07) is 5.23. The lowest BCUT2D eigenvalue weighted by Gasteiger charge is -2.07. The van der Waals surface area contributed by atoms with Crippen LogP contribution in [-0.4, -0.2) is 24.7 Å². The van der Waals surface area contributed by atoms with E-state index in [-0.39, 0.29) is 5.56 Å². The molecule has 0 amide bonds. The molecule has 0 aliphatic rings. The molecule has 106 valence electrons. The van der Waals surface area contributed by atoms with Gasteiger partial charge in [-0.25, -0.2) is 4.98 Å². The summed E-state index contributed by atoms with van der Waals surface area (Å²) in [7, 11) is 0. The fourth-order valence-corrected chi connectivity index (χ4v) is 2.15. The Labute approximate surface area is 121 Å². The third kappa shape index (κ3) is 2.35. The first kappa shape index (κ1) is 13.2. The number of hydrogen-bond acceptors (Lipinski definition) is 4. The van der Waals surface area contributed by atoms with Gasteiger partial charge in [0.25, 0.3) is 5.56 Å². The molecule has 1 N–H and O–H groups in total. The van der Waals surface area contributed by atoms with E-state index in [1.165, 1.54) is 4.68 Å². The van der Waals surface area contributed by atoms with Crippen LogP contribution in [0.2, 0.25) is 0 Å². The number of hydrogen-bond donors (Lipinski definition) is 1. The van der Waals surface area contributed by atoms with Gasteiger partial charge >= 0.3 is 0 Å². The van der Waals surface area contributed by atoms with Gasteiger partial charge in [-0.1, -0.05) is 0 Å². The number of nitrogens with one attached hydrogen (secondary N) is 1. The first-order valence-corrected chi connectivity index (χ1v) is 6.61. The molecule has 0 fully saturated rings. The highest BCUT2D eigenvalue weighted by atomic mass is 16.1. The summed E-state index contributed by atoms with van der Waals surface area (Å²) in [4.78, 5) is 25.1. The Morgan fingerprint density at radius 1 is 1.00 bits per heavy atom. The molecule has 0 unspecified atom stereocenters. The molecule has 0 saturated heterocycles. The molecule has 0 aliphatic heterocycles. The van der Waals surface area contributed by atoms with Crippen LogP contribution in [0.25, 0.3) is 17.1 Å². The molecule has 0 bridgehead atoms. The molecular formula is C15H15N5O. The lowest BCUT2D eigenvalue weighted by molar-refractivity contribution is 0.788. The van der Waals surface area contributed by atoms with E-state index in [9.17, 15) is 4.79 Å². The Hall–Kier alpha value is -2.76. The zero-order chi connectivity index (χ0) is 15.0. The summed E-state index contributed by atoms with van der Waals surface area (Å²) in [6.07, 6.45) is 3.37. The third-order valence-corrected chi connectivity index (χ3v) is 3.38. The number of aromatic amines is 1. The molecule has 0 spiro atoms. The standard InChI is InChI=1S/C15H15N5O/c1-9-10(2)18-15(11(3)17-9)20-14(21)8-13(19-20)12-4-6-16-7-5-12/h4-8,19H,1-3H3. The van der Waals surface area contributed by atoms with Crippen LogP contribution in [-0.2, 0) is 0 Å². The second-order valence-electron chi connectivity index (χ2n) is 4.88. The molecule has 0 radical (unpaired) electrons. The van der Waals surface area contributed by atoms with Gasteiger partial charge in [-0.3, -0.25) is 19.9 Å². The highest BCUT2D eigenvalue weighted by Gasteiger charge is 2.12. The Balaban J connectivity index is 2.15. The van der Waals surface area contributed by atoms with Crippen LogP contribution in [0, 0.1) is 20.8 Å². The molecule has 0 aromatic carbocycles. The minimum atomic E-state index is -0.164. The van der Waals surface area contributed by atoms with Crippen molar-refractivity contribution in [1.82, 2.24) is 24.7 Å². The molecule has 0 aliphatic carbocycles. The second kappa shape index (κ2) is 4.97. The van der Waals surface area contributed by atoms with Crippen LogP contribution in [0.15, 0.2) is 35.4 Å². The van der Waals surface area contributed by atoms with Gasteiger partial charge in [0, 0.05) is 24.0 Å². The van der Waals surface area contributed by atoms with Crippen LogP contribution in [0.1, 0.15) is 17.1 Å². The normalized spacial score (nSPS) is 10.8. The van der Waals surface area contributed by atoms with Crippen molar-refractivity contribution in [2.45, 2.75) is 20.8 Å². The van der Waals surface area contributed by atoms with Crippen LogP contribution in [0.3, 0.4) is 0 Å². The van der Waals surface area contributed by atoms with Crippen molar-refractivity contribution in [2.75, 3.05) is 0 Å². The monoisotopic (exact) mass is 281 g/mol.